The fraction of sp³-hybridized carbons (Fsp3) is 0.133. The van der Waals surface area contributed by atoms with Gasteiger partial charge >= 0.3 is 0 Å². The zero-order chi connectivity index (χ0) is 45.4. The summed E-state index contributed by atoms with van der Waals surface area (Å²) in [6.07, 6.45) is 0. The molecule has 0 saturated heterocycles. The number of benzene rings is 8. The third-order valence-corrected chi connectivity index (χ3v) is 12.2. The van der Waals surface area contributed by atoms with Gasteiger partial charge in [-0.2, -0.15) is 0 Å². The smallest absolute Gasteiger partial charge is 0.248 e. The van der Waals surface area contributed by atoms with E-state index in [-0.39, 0.29) is 10.8 Å². The molecule has 0 fully saturated rings. The van der Waals surface area contributed by atoms with Crippen LogP contribution in [0.2, 0.25) is 0 Å². The third kappa shape index (κ3) is 8.53. The Balaban J connectivity index is 1.06. The van der Waals surface area contributed by atoms with Crippen molar-refractivity contribution in [2.24, 2.45) is 0 Å². The second-order valence-corrected chi connectivity index (χ2v) is 18.9. The monoisotopic (exact) mass is 857 g/mol. The molecule has 6 heteroatoms. The first-order valence-corrected chi connectivity index (χ1v) is 22.5. The second kappa shape index (κ2) is 17.2. The fourth-order valence-electron chi connectivity index (χ4n) is 8.46. The van der Waals surface area contributed by atoms with E-state index in [0.717, 1.165) is 84.0 Å². The van der Waals surface area contributed by atoms with Crippen molar-refractivity contribution in [3.8, 4) is 67.7 Å². The van der Waals surface area contributed by atoms with Crippen LogP contribution in [0.4, 0.5) is 17.1 Å². The highest BCUT2D eigenvalue weighted by molar-refractivity contribution is 5.96. The summed E-state index contributed by atoms with van der Waals surface area (Å²) in [5, 5.41) is 8.67. The van der Waals surface area contributed by atoms with Gasteiger partial charge in [0.2, 0.25) is 11.8 Å². The van der Waals surface area contributed by atoms with Gasteiger partial charge in [0.05, 0.1) is 22.4 Å². The minimum Gasteiger partial charge on any atom is -0.416 e. The fourth-order valence-corrected chi connectivity index (χ4v) is 8.46. The van der Waals surface area contributed by atoms with Gasteiger partial charge in [-0.25, -0.2) is 9.97 Å². The number of aromatic nitrogens is 4. The maximum Gasteiger partial charge on any atom is 0.248 e. The minimum atomic E-state index is 0.0454. The molecule has 66 heavy (non-hydrogen) atoms. The van der Waals surface area contributed by atoms with Crippen molar-refractivity contribution < 1.29 is 4.42 Å². The van der Waals surface area contributed by atoms with Gasteiger partial charge in [0, 0.05) is 39.3 Å². The first kappa shape index (κ1) is 42.0. The van der Waals surface area contributed by atoms with E-state index in [1.807, 2.05) is 54.6 Å². The molecule has 0 unspecified atom stereocenters. The summed E-state index contributed by atoms with van der Waals surface area (Å²) in [5.41, 5.74) is 17.3. The average Bonchev–Trinajstić information content (AvgIpc) is 3.85. The number of hydrogen-bond donors (Lipinski definition) is 0. The molecule has 2 aromatic heterocycles. The number of nitrogens with zero attached hydrogens (tertiary/aromatic N) is 5. The number of anilines is 3. The van der Waals surface area contributed by atoms with Gasteiger partial charge < -0.3 is 9.32 Å². The molecule has 322 valence electrons. The Labute approximate surface area is 387 Å². The van der Waals surface area contributed by atoms with Crippen LogP contribution in [0.15, 0.2) is 205 Å². The predicted molar refractivity (Wildman–Crippen MR) is 272 cm³/mol. The lowest BCUT2D eigenvalue weighted by molar-refractivity contribution is 0.584. The SMILES string of the molecule is CC(C)(C)c1ccc(-c2cc3nc(-c4ccccc4)c(-c4ccc(N(c5ccccc5)c5ccc(-c6nnc(-c7ccccc7)o6)cc5)cc4)nc3cc2-c2ccc(C(C)(C)C)cc2)cc1. The highest BCUT2D eigenvalue weighted by Crippen LogP contribution is 2.41. The minimum absolute atomic E-state index is 0.0454. The number of fused-ring (bicyclic) bond motifs is 1. The van der Waals surface area contributed by atoms with Crippen LogP contribution in [0, 0.1) is 0 Å². The van der Waals surface area contributed by atoms with Crippen LogP contribution < -0.4 is 4.90 Å². The second-order valence-electron chi connectivity index (χ2n) is 18.9. The summed E-state index contributed by atoms with van der Waals surface area (Å²) in [4.78, 5) is 13.2. The molecule has 0 aliphatic rings. The molecule has 0 aliphatic carbocycles. The zero-order valence-corrected chi connectivity index (χ0v) is 38.2. The van der Waals surface area contributed by atoms with Crippen LogP contribution in [0.25, 0.3) is 78.7 Å². The highest BCUT2D eigenvalue weighted by Gasteiger charge is 2.21. The maximum atomic E-state index is 6.09. The van der Waals surface area contributed by atoms with Crippen molar-refractivity contribution >= 4 is 28.1 Å². The summed E-state index contributed by atoms with van der Waals surface area (Å²) in [7, 11) is 0. The molecule has 0 spiro atoms. The maximum absolute atomic E-state index is 6.09. The molecule has 10 aromatic rings. The van der Waals surface area contributed by atoms with E-state index in [4.69, 9.17) is 14.4 Å². The van der Waals surface area contributed by atoms with E-state index in [1.165, 1.54) is 11.1 Å². The van der Waals surface area contributed by atoms with Crippen molar-refractivity contribution in [2.75, 3.05) is 4.90 Å². The lowest BCUT2D eigenvalue weighted by Crippen LogP contribution is -2.10. The highest BCUT2D eigenvalue weighted by atomic mass is 16.4. The summed E-state index contributed by atoms with van der Waals surface area (Å²) in [6, 6.07) is 69.9. The first-order valence-electron chi connectivity index (χ1n) is 22.5. The van der Waals surface area contributed by atoms with Crippen molar-refractivity contribution in [1.82, 2.24) is 20.2 Å². The number of hydrogen-bond acceptors (Lipinski definition) is 6. The van der Waals surface area contributed by atoms with E-state index in [1.54, 1.807) is 0 Å². The van der Waals surface area contributed by atoms with Crippen LogP contribution in [-0.4, -0.2) is 20.2 Å². The summed E-state index contributed by atoms with van der Waals surface area (Å²) in [6.45, 7) is 13.5. The Hall–Kier alpha value is -7.96. The van der Waals surface area contributed by atoms with Gasteiger partial charge in [0.15, 0.2) is 0 Å². The molecule has 0 atom stereocenters. The predicted octanol–water partition coefficient (Wildman–Crippen LogP) is 16.1. The Morgan fingerprint density at radius 1 is 0.348 bits per heavy atom. The summed E-state index contributed by atoms with van der Waals surface area (Å²) >= 11 is 0. The van der Waals surface area contributed by atoms with Gasteiger partial charge in [-0.1, -0.05) is 169 Å². The largest absolute Gasteiger partial charge is 0.416 e. The van der Waals surface area contributed by atoms with Gasteiger partial charge in [-0.05, 0) is 117 Å². The molecule has 0 aliphatic heterocycles. The van der Waals surface area contributed by atoms with Crippen LogP contribution in [0.3, 0.4) is 0 Å². The first-order chi connectivity index (χ1) is 32.0. The lowest BCUT2D eigenvalue weighted by atomic mass is 9.84. The Bertz CT molecular complexity index is 3260. The van der Waals surface area contributed by atoms with E-state index in [2.05, 4.69) is 202 Å². The molecule has 6 nitrogen and oxygen atoms in total. The van der Waals surface area contributed by atoms with Crippen molar-refractivity contribution in [3.63, 3.8) is 0 Å². The normalized spacial score (nSPS) is 11.8. The Kier molecular flexibility index (Phi) is 11.0. The molecular formula is C60H51N5O. The molecular weight excluding hydrogens is 807 g/mol. The number of para-hydroxylation sites is 1. The van der Waals surface area contributed by atoms with Crippen molar-refractivity contribution in [2.45, 2.75) is 52.4 Å². The quantitative estimate of drug-likeness (QED) is 0.144. The molecule has 0 radical (unpaired) electrons. The van der Waals surface area contributed by atoms with Gasteiger partial charge in [-0.15, -0.1) is 10.2 Å². The van der Waals surface area contributed by atoms with Crippen LogP contribution >= 0.6 is 0 Å². The van der Waals surface area contributed by atoms with E-state index in [0.29, 0.717) is 11.8 Å². The van der Waals surface area contributed by atoms with Gasteiger partial charge in [0.1, 0.15) is 0 Å². The van der Waals surface area contributed by atoms with Crippen LogP contribution in [-0.2, 0) is 10.8 Å². The standard InChI is InChI=1S/C60H51N5O/c1-59(2,3)46-30-22-40(23-31-46)51-38-53-54(39-52(51)41-24-32-47(33-25-41)60(4,5)6)62-56(55(61-53)42-16-10-7-11-17-42)43-26-34-49(35-27-43)65(48-20-14-9-15-21-48)50-36-28-45(29-37-50)58-64-63-57(66-58)44-18-12-8-13-19-44/h7-39H,1-6H3. The summed E-state index contributed by atoms with van der Waals surface area (Å²) < 4.78 is 6.09. The third-order valence-electron chi connectivity index (χ3n) is 12.2. The van der Waals surface area contributed by atoms with Crippen molar-refractivity contribution in [1.29, 1.82) is 0 Å². The molecule has 2 heterocycles. The van der Waals surface area contributed by atoms with E-state index in [9.17, 15) is 0 Å². The van der Waals surface area contributed by atoms with Crippen LogP contribution in [0.5, 0.6) is 0 Å². The Morgan fingerprint density at radius 3 is 1.11 bits per heavy atom. The lowest BCUT2D eigenvalue weighted by Gasteiger charge is -2.25. The van der Waals surface area contributed by atoms with E-state index >= 15 is 0 Å². The topological polar surface area (TPSA) is 67.9 Å². The number of rotatable bonds is 9. The molecule has 0 saturated carbocycles. The molecule has 8 aromatic carbocycles. The molecule has 10 rings (SSSR count). The molecule has 0 bridgehead atoms. The molecule has 0 N–H and O–H groups in total. The van der Waals surface area contributed by atoms with Crippen LogP contribution in [0.1, 0.15) is 52.7 Å². The van der Waals surface area contributed by atoms with Gasteiger partial charge in [-0.3, -0.25) is 0 Å². The Morgan fingerprint density at radius 2 is 0.682 bits per heavy atom. The van der Waals surface area contributed by atoms with Crippen molar-refractivity contribution in [3.05, 3.63) is 211 Å². The molecule has 0 amide bonds. The zero-order valence-electron chi connectivity index (χ0n) is 38.2. The van der Waals surface area contributed by atoms with E-state index < -0.39 is 0 Å². The average molecular weight is 858 g/mol. The van der Waals surface area contributed by atoms with Gasteiger partial charge in [0.25, 0.3) is 0 Å². The summed E-state index contributed by atoms with van der Waals surface area (Å²) in [5.74, 6) is 0.962.